The van der Waals surface area contributed by atoms with Gasteiger partial charge in [-0.25, -0.2) is 0 Å². The maximum atomic E-state index is 12.5. The zero-order valence-corrected chi connectivity index (χ0v) is 13.1. The third kappa shape index (κ3) is 3.27. The van der Waals surface area contributed by atoms with Crippen molar-refractivity contribution in [2.24, 2.45) is 11.7 Å². The van der Waals surface area contributed by atoms with E-state index in [2.05, 4.69) is 0 Å². The normalized spacial score (nSPS) is 20.2. The first kappa shape index (κ1) is 15.6. The summed E-state index contributed by atoms with van der Waals surface area (Å²) in [6, 6.07) is 5.73. The second kappa shape index (κ2) is 6.79. The minimum Gasteiger partial charge on any atom is -0.335 e. The van der Waals surface area contributed by atoms with E-state index in [1.54, 1.807) is 6.07 Å². The molecule has 1 heterocycles. The van der Waals surface area contributed by atoms with Gasteiger partial charge in [0, 0.05) is 12.5 Å². The van der Waals surface area contributed by atoms with Crippen LogP contribution in [0.3, 0.4) is 0 Å². The Hall–Kier alpha value is -0.770. The lowest BCUT2D eigenvalue weighted by atomic mass is 10.0. The van der Waals surface area contributed by atoms with Crippen molar-refractivity contribution in [3.63, 3.8) is 0 Å². The maximum Gasteiger partial charge on any atom is 0.225 e. The first-order valence-electron chi connectivity index (χ1n) is 7.00. The number of nitrogens with two attached hydrogens (primary N) is 1. The Morgan fingerprint density at radius 1 is 1.45 bits per heavy atom. The van der Waals surface area contributed by atoms with Crippen LogP contribution in [-0.2, 0) is 4.79 Å². The number of carbonyl (C=O) groups excluding carboxylic acids is 1. The average Bonchev–Trinajstić information content (AvgIpc) is 2.90. The summed E-state index contributed by atoms with van der Waals surface area (Å²) in [5, 5.41) is 1.08. The number of likely N-dealkylation sites (tertiary alicyclic amines) is 1. The van der Waals surface area contributed by atoms with Crippen molar-refractivity contribution in [3.8, 4) is 0 Å². The van der Waals surface area contributed by atoms with Gasteiger partial charge in [-0.1, -0.05) is 36.2 Å². The van der Waals surface area contributed by atoms with Crippen LogP contribution in [-0.4, -0.2) is 23.9 Å². The van der Waals surface area contributed by atoms with Crippen LogP contribution in [0.25, 0.3) is 0 Å². The molecule has 2 rings (SSSR count). The lowest BCUT2D eigenvalue weighted by molar-refractivity contribution is -0.136. The van der Waals surface area contributed by atoms with Crippen LogP contribution in [0, 0.1) is 5.92 Å². The van der Waals surface area contributed by atoms with Crippen LogP contribution in [0.1, 0.15) is 37.8 Å². The Labute approximate surface area is 130 Å². The van der Waals surface area contributed by atoms with Gasteiger partial charge in [0.2, 0.25) is 5.91 Å². The highest BCUT2D eigenvalue weighted by atomic mass is 35.5. The van der Waals surface area contributed by atoms with E-state index in [-0.39, 0.29) is 17.9 Å². The number of hydrogen-bond acceptors (Lipinski definition) is 2. The molecule has 1 aliphatic rings. The van der Waals surface area contributed by atoms with E-state index in [1.807, 2.05) is 24.0 Å². The van der Waals surface area contributed by atoms with Crippen molar-refractivity contribution in [3.05, 3.63) is 33.8 Å². The van der Waals surface area contributed by atoms with Crippen LogP contribution in [0.2, 0.25) is 10.0 Å². The second-order valence-electron chi connectivity index (χ2n) is 5.34. The highest BCUT2D eigenvalue weighted by molar-refractivity contribution is 6.42. The van der Waals surface area contributed by atoms with Crippen molar-refractivity contribution >= 4 is 29.1 Å². The van der Waals surface area contributed by atoms with Crippen molar-refractivity contribution in [1.82, 2.24) is 4.90 Å². The number of hydrogen-bond donors (Lipinski definition) is 1. The van der Waals surface area contributed by atoms with E-state index in [0.29, 0.717) is 16.6 Å². The minimum atomic E-state index is -0.0247. The Morgan fingerprint density at radius 3 is 2.85 bits per heavy atom. The summed E-state index contributed by atoms with van der Waals surface area (Å²) in [7, 11) is 0. The van der Waals surface area contributed by atoms with Gasteiger partial charge < -0.3 is 10.6 Å². The zero-order chi connectivity index (χ0) is 14.7. The Kier molecular flexibility index (Phi) is 5.30. The van der Waals surface area contributed by atoms with Crippen LogP contribution >= 0.6 is 23.2 Å². The summed E-state index contributed by atoms with van der Waals surface area (Å²) in [5.74, 6) is 0.160. The van der Waals surface area contributed by atoms with Gasteiger partial charge in [-0.15, -0.1) is 0 Å². The standard InChI is InChI=1S/C15H20Cl2N2O/c1-10(6-7-18)15(20)19-8-2-3-14(19)11-4-5-12(16)13(17)9-11/h4-5,9-10,14H,2-3,6-8,18H2,1H3. The molecule has 0 spiro atoms. The Morgan fingerprint density at radius 2 is 2.20 bits per heavy atom. The van der Waals surface area contributed by atoms with E-state index < -0.39 is 0 Å². The molecule has 1 saturated heterocycles. The lowest BCUT2D eigenvalue weighted by Crippen LogP contribution is -2.35. The van der Waals surface area contributed by atoms with Gasteiger partial charge in [-0.05, 0) is 43.5 Å². The van der Waals surface area contributed by atoms with Crippen molar-refractivity contribution in [2.45, 2.75) is 32.2 Å². The number of halogens is 2. The van der Waals surface area contributed by atoms with Gasteiger partial charge in [0.05, 0.1) is 16.1 Å². The Bertz CT molecular complexity index is 493. The molecule has 1 aromatic rings. The molecule has 3 nitrogen and oxygen atoms in total. The highest BCUT2D eigenvalue weighted by Crippen LogP contribution is 2.35. The van der Waals surface area contributed by atoms with Crippen LogP contribution < -0.4 is 5.73 Å². The SMILES string of the molecule is CC(CCN)C(=O)N1CCCC1c1ccc(Cl)c(Cl)c1. The maximum absolute atomic E-state index is 12.5. The molecule has 0 bridgehead atoms. The number of nitrogens with zero attached hydrogens (tertiary/aromatic N) is 1. The molecule has 1 fully saturated rings. The Balaban J connectivity index is 2.18. The topological polar surface area (TPSA) is 46.3 Å². The minimum absolute atomic E-state index is 0.0247. The van der Waals surface area contributed by atoms with E-state index in [4.69, 9.17) is 28.9 Å². The lowest BCUT2D eigenvalue weighted by Gasteiger charge is -2.28. The molecule has 110 valence electrons. The average molecular weight is 315 g/mol. The monoisotopic (exact) mass is 314 g/mol. The molecular formula is C15H20Cl2N2O. The van der Waals surface area contributed by atoms with Gasteiger partial charge in [0.15, 0.2) is 0 Å². The summed E-state index contributed by atoms with van der Waals surface area (Å²) in [5.41, 5.74) is 6.61. The van der Waals surface area contributed by atoms with E-state index in [0.717, 1.165) is 31.4 Å². The summed E-state index contributed by atoms with van der Waals surface area (Å²) >= 11 is 12.0. The van der Waals surface area contributed by atoms with Gasteiger partial charge in [0.1, 0.15) is 0 Å². The molecule has 5 heteroatoms. The first-order chi connectivity index (χ1) is 9.54. The number of rotatable bonds is 4. The van der Waals surface area contributed by atoms with Crippen molar-refractivity contribution in [1.29, 1.82) is 0 Å². The number of amides is 1. The van der Waals surface area contributed by atoms with Crippen LogP contribution in [0.15, 0.2) is 18.2 Å². The third-order valence-corrected chi connectivity index (χ3v) is 4.62. The molecule has 1 amide bonds. The molecule has 20 heavy (non-hydrogen) atoms. The molecule has 2 N–H and O–H groups in total. The third-order valence-electron chi connectivity index (χ3n) is 3.89. The second-order valence-corrected chi connectivity index (χ2v) is 6.16. The molecule has 0 radical (unpaired) electrons. The fourth-order valence-corrected chi connectivity index (χ4v) is 3.06. The fraction of sp³-hybridized carbons (Fsp3) is 0.533. The smallest absolute Gasteiger partial charge is 0.225 e. The number of carbonyl (C=O) groups is 1. The van der Waals surface area contributed by atoms with Gasteiger partial charge in [0.25, 0.3) is 0 Å². The predicted octanol–water partition coefficient (Wildman–Crippen LogP) is 3.64. The molecule has 2 atom stereocenters. The fourth-order valence-electron chi connectivity index (χ4n) is 2.75. The largest absolute Gasteiger partial charge is 0.335 e. The van der Waals surface area contributed by atoms with Gasteiger partial charge in [-0.2, -0.15) is 0 Å². The zero-order valence-electron chi connectivity index (χ0n) is 11.6. The predicted molar refractivity (Wildman–Crippen MR) is 83.0 cm³/mol. The van der Waals surface area contributed by atoms with Gasteiger partial charge in [-0.3, -0.25) is 4.79 Å². The summed E-state index contributed by atoms with van der Waals surface area (Å²) in [6.07, 6.45) is 2.72. The highest BCUT2D eigenvalue weighted by Gasteiger charge is 2.32. The van der Waals surface area contributed by atoms with Crippen LogP contribution in [0.4, 0.5) is 0 Å². The molecule has 0 aromatic heterocycles. The van der Waals surface area contributed by atoms with E-state index in [1.165, 1.54) is 0 Å². The molecule has 1 aliphatic heterocycles. The summed E-state index contributed by atoms with van der Waals surface area (Å²) in [6.45, 7) is 3.29. The molecular weight excluding hydrogens is 295 g/mol. The molecule has 2 unspecified atom stereocenters. The van der Waals surface area contributed by atoms with Crippen LogP contribution in [0.5, 0.6) is 0 Å². The van der Waals surface area contributed by atoms with Crippen molar-refractivity contribution < 1.29 is 4.79 Å². The summed E-state index contributed by atoms with van der Waals surface area (Å²) in [4.78, 5) is 14.4. The quantitative estimate of drug-likeness (QED) is 0.922. The van der Waals surface area contributed by atoms with Crippen molar-refractivity contribution in [2.75, 3.05) is 13.1 Å². The van der Waals surface area contributed by atoms with E-state index >= 15 is 0 Å². The molecule has 1 aromatic carbocycles. The van der Waals surface area contributed by atoms with E-state index in [9.17, 15) is 4.79 Å². The molecule has 0 saturated carbocycles. The van der Waals surface area contributed by atoms with Gasteiger partial charge >= 0.3 is 0 Å². The summed E-state index contributed by atoms with van der Waals surface area (Å²) < 4.78 is 0. The first-order valence-corrected chi connectivity index (χ1v) is 7.75. The number of benzene rings is 1. The molecule has 0 aliphatic carbocycles.